The monoisotopic (exact) mass is 208 g/mol. The SMILES string of the molecule is C[Si](C)(C)c1cc2c(cc1O)COC2. The Balaban J connectivity index is 2.53. The van der Waals surface area contributed by atoms with Gasteiger partial charge in [0.25, 0.3) is 0 Å². The second kappa shape index (κ2) is 3.10. The second-order valence-electron chi connectivity index (χ2n) is 4.88. The summed E-state index contributed by atoms with van der Waals surface area (Å²) in [5, 5.41) is 11.0. The van der Waals surface area contributed by atoms with E-state index in [1.54, 1.807) is 0 Å². The number of hydrogen-bond acceptors (Lipinski definition) is 2. The molecule has 1 aromatic carbocycles. The first-order chi connectivity index (χ1) is 6.48. The first-order valence-corrected chi connectivity index (χ1v) is 8.41. The molecule has 0 fully saturated rings. The fourth-order valence-electron chi connectivity index (χ4n) is 1.82. The fraction of sp³-hybridized carbons (Fsp3) is 0.455. The van der Waals surface area contributed by atoms with Crippen LogP contribution in [0.15, 0.2) is 12.1 Å². The lowest BCUT2D eigenvalue weighted by Gasteiger charge is -2.19. The summed E-state index contributed by atoms with van der Waals surface area (Å²) in [4.78, 5) is 0. The van der Waals surface area contributed by atoms with Gasteiger partial charge in [0.15, 0.2) is 0 Å². The van der Waals surface area contributed by atoms with E-state index >= 15 is 0 Å². The van der Waals surface area contributed by atoms with Gasteiger partial charge in [-0.1, -0.05) is 25.7 Å². The second-order valence-corrected chi connectivity index (χ2v) is 9.92. The largest absolute Gasteiger partial charge is 0.508 e. The lowest BCUT2D eigenvalue weighted by atomic mass is 10.1. The molecule has 1 heterocycles. The van der Waals surface area contributed by atoms with Gasteiger partial charge >= 0.3 is 0 Å². The summed E-state index contributed by atoms with van der Waals surface area (Å²) in [6.45, 7) is 8.07. The van der Waals surface area contributed by atoms with Crippen molar-refractivity contribution in [2.75, 3.05) is 0 Å². The maximum atomic E-state index is 9.89. The molecule has 3 heteroatoms. The standard InChI is InChI=1S/C11H16O2Si/c1-14(2,3)11-5-9-7-13-6-8(9)4-10(11)12/h4-5,12H,6-7H2,1-3H3. The van der Waals surface area contributed by atoms with Crippen LogP contribution in [0.5, 0.6) is 5.75 Å². The van der Waals surface area contributed by atoms with Crippen LogP contribution in [0.25, 0.3) is 0 Å². The van der Waals surface area contributed by atoms with Gasteiger partial charge in [0.05, 0.1) is 21.3 Å². The number of benzene rings is 1. The van der Waals surface area contributed by atoms with Crippen LogP contribution in [-0.2, 0) is 18.0 Å². The van der Waals surface area contributed by atoms with Gasteiger partial charge in [0.1, 0.15) is 5.75 Å². The van der Waals surface area contributed by atoms with Gasteiger partial charge in [0, 0.05) is 0 Å². The Morgan fingerprint density at radius 1 is 1.14 bits per heavy atom. The average Bonchev–Trinajstić information content (AvgIpc) is 2.47. The smallest absolute Gasteiger partial charge is 0.115 e. The molecular formula is C11H16O2Si. The molecule has 2 nitrogen and oxygen atoms in total. The summed E-state index contributed by atoms with van der Waals surface area (Å²) in [5.74, 6) is 0.452. The topological polar surface area (TPSA) is 29.5 Å². The van der Waals surface area contributed by atoms with Gasteiger partial charge in [-0.2, -0.15) is 0 Å². The summed E-state index contributed by atoms with van der Waals surface area (Å²) in [6.07, 6.45) is 0. The van der Waals surface area contributed by atoms with Gasteiger partial charge in [-0.15, -0.1) is 0 Å². The van der Waals surface area contributed by atoms with Crippen molar-refractivity contribution in [2.24, 2.45) is 0 Å². The van der Waals surface area contributed by atoms with Gasteiger partial charge in [-0.05, 0) is 22.4 Å². The van der Waals surface area contributed by atoms with E-state index in [4.69, 9.17) is 4.74 Å². The minimum atomic E-state index is -1.43. The Bertz CT molecular complexity index is 366. The summed E-state index contributed by atoms with van der Waals surface area (Å²) in [6, 6.07) is 4.00. The van der Waals surface area contributed by atoms with Crippen molar-refractivity contribution in [1.82, 2.24) is 0 Å². The van der Waals surface area contributed by atoms with E-state index in [2.05, 4.69) is 25.7 Å². The minimum absolute atomic E-state index is 0.452. The molecule has 1 aromatic rings. The van der Waals surface area contributed by atoms with Crippen LogP contribution < -0.4 is 5.19 Å². The maximum Gasteiger partial charge on any atom is 0.115 e. The Hall–Kier alpha value is -0.803. The fourth-order valence-corrected chi connectivity index (χ4v) is 3.26. The molecule has 0 bridgehead atoms. The molecule has 1 N–H and O–H groups in total. The average molecular weight is 208 g/mol. The van der Waals surface area contributed by atoms with Crippen LogP contribution in [0.2, 0.25) is 19.6 Å². The number of fused-ring (bicyclic) bond motifs is 1. The van der Waals surface area contributed by atoms with Gasteiger partial charge in [0.2, 0.25) is 0 Å². The molecule has 14 heavy (non-hydrogen) atoms. The normalized spacial score (nSPS) is 15.6. The highest BCUT2D eigenvalue weighted by atomic mass is 28.3. The molecule has 0 unspecified atom stereocenters. The Morgan fingerprint density at radius 3 is 2.29 bits per heavy atom. The number of rotatable bonds is 1. The third-order valence-corrected chi connectivity index (χ3v) is 4.66. The quantitative estimate of drug-likeness (QED) is 0.715. The van der Waals surface area contributed by atoms with Crippen LogP contribution in [0.3, 0.4) is 0 Å². The van der Waals surface area contributed by atoms with Crippen LogP contribution in [0.1, 0.15) is 11.1 Å². The highest BCUT2D eigenvalue weighted by Gasteiger charge is 2.23. The highest BCUT2D eigenvalue weighted by molar-refractivity contribution is 6.89. The molecule has 0 spiro atoms. The van der Waals surface area contributed by atoms with Gasteiger partial charge in [-0.3, -0.25) is 0 Å². The summed E-state index contributed by atoms with van der Waals surface area (Å²) < 4.78 is 5.34. The van der Waals surface area contributed by atoms with Crippen molar-refractivity contribution in [1.29, 1.82) is 0 Å². The van der Waals surface area contributed by atoms with Crippen molar-refractivity contribution in [2.45, 2.75) is 32.9 Å². The minimum Gasteiger partial charge on any atom is -0.508 e. The molecule has 0 amide bonds. The summed E-state index contributed by atoms with van der Waals surface area (Å²) in [5.41, 5.74) is 2.39. The van der Waals surface area contributed by atoms with Gasteiger partial charge in [-0.25, -0.2) is 0 Å². The lowest BCUT2D eigenvalue weighted by molar-refractivity contribution is 0.134. The Labute approximate surface area is 85.5 Å². The molecule has 0 atom stereocenters. The highest BCUT2D eigenvalue weighted by Crippen LogP contribution is 2.24. The van der Waals surface area contributed by atoms with Crippen molar-refractivity contribution in [3.05, 3.63) is 23.3 Å². The van der Waals surface area contributed by atoms with E-state index in [0.29, 0.717) is 19.0 Å². The first kappa shape index (κ1) is 9.74. The van der Waals surface area contributed by atoms with Crippen molar-refractivity contribution in [3.63, 3.8) is 0 Å². The maximum absolute atomic E-state index is 9.89. The molecule has 0 aliphatic carbocycles. The molecular weight excluding hydrogens is 192 g/mol. The number of ether oxygens (including phenoxy) is 1. The summed E-state index contributed by atoms with van der Waals surface area (Å²) >= 11 is 0. The molecule has 0 saturated heterocycles. The summed E-state index contributed by atoms with van der Waals surface area (Å²) in [7, 11) is -1.43. The predicted octanol–water partition coefficient (Wildman–Crippen LogP) is 1.97. The molecule has 2 rings (SSSR count). The zero-order valence-electron chi connectivity index (χ0n) is 8.92. The van der Waals surface area contributed by atoms with E-state index in [-0.39, 0.29) is 0 Å². The number of phenols is 1. The van der Waals surface area contributed by atoms with Crippen molar-refractivity contribution < 1.29 is 9.84 Å². The molecule has 1 aliphatic heterocycles. The molecule has 0 aromatic heterocycles. The van der Waals surface area contributed by atoms with Crippen LogP contribution in [0, 0.1) is 0 Å². The van der Waals surface area contributed by atoms with Crippen LogP contribution >= 0.6 is 0 Å². The van der Waals surface area contributed by atoms with E-state index in [0.717, 1.165) is 10.8 Å². The third-order valence-electron chi connectivity index (χ3n) is 2.64. The predicted molar refractivity (Wildman–Crippen MR) is 59.6 cm³/mol. The lowest BCUT2D eigenvalue weighted by Crippen LogP contribution is -2.38. The van der Waals surface area contributed by atoms with Gasteiger partial charge < -0.3 is 9.84 Å². The molecule has 1 aliphatic rings. The molecule has 76 valence electrons. The number of hydrogen-bond donors (Lipinski definition) is 1. The Kier molecular flexibility index (Phi) is 2.16. The van der Waals surface area contributed by atoms with Crippen LogP contribution in [0.4, 0.5) is 0 Å². The Morgan fingerprint density at radius 2 is 1.71 bits per heavy atom. The van der Waals surface area contributed by atoms with Crippen molar-refractivity contribution in [3.8, 4) is 5.75 Å². The molecule has 0 radical (unpaired) electrons. The number of phenolic OH excluding ortho intramolecular Hbond substituents is 1. The molecule has 0 saturated carbocycles. The zero-order chi connectivity index (χ0) is 10.3. The number of aromatic hydroxyl groups is 1. The first-order valence-electron chi connectivity index (χ1n) is 4.91. The van der Waals surface area contributed by atoms with E-state index in [1.165, 1.54) is 5.56 Å². The third kappa shape index (κ3) is 1.57. The van der Waals surface area contributed by atoms with Crippen LogP contribution in [-0.4, -0.2) is 13.2 Å². The van der Waals surface area contributed by atoms with Crippen molar-refractivity contribution >= 4 is 13.3 Å². The van der Waals surface area contributed by atoms with E-state index < -0.39 is 8.07 Å². The van der Waals surface area contributed by atoms with E-state index in [1.807, 2.05) is 6.07 Å². The van der Waals surface area contributed by atoms with E-state index in [9.17, 15) is 5.11 Å². The zero-order valence-corrected chi connectivity index (χ0v) is 9.92.